The van der Waals surface area contributed by atoms with Crippen LogP contribution in [0.3, 0.4) is 0 Å². The number of halogens is 3. The first-order valence-electron chi connectivity index (χ1n) is 7.92. The van der Waals surface area contributed by atoms with Gasteiger partial charge in [0.25, 0.3) is 5.69 Å². The smallest absolute Gasteiger partial charge is 0.358 e. The molecule has 2 saturated carbocycles. The lowest BCUT2D eigenvalue weighted by atomic mass is 9.96. The van der Waals surface area contributed by atoms with Crippen molar-refractivity contribution in [2.24, 2.45) is 11.8 Å². The van der Waals surface area contributed by atoms with Crippen LogP contribution >= 0.6 is 12.2 Å². The quantitative estimate of drug-likeness (QED) is 0.425. The zero-order valence-electron chi connectivity index (χ0n) is 13.1. The molecule has 0 heterocycles. The predicted octanol–water partition coefficient (Wildman–Crippen LogP) is 3.59. The minimum Gasteiger partial charge on any atom is -0.358 e. The van der Waals surface area contributed by atoms with Crippen molar-refractivity contribution in [3.63, 3.8) is 0 Å². The van der Waals surface area contributed by atoms with E-state index < -0.39 is 22.4 Å². The molecule has 2 bridgehead atoms. The van der Waals surface area contributed by atoms with E-state index in [1.54, 1.807) is 0 Å². The topological polar surface area (TPSA) is 79.2 Å². The summed E-state index contributed by atoms with van der Waals surface area (Å²) in [4.78, 5) is 10.2. The van der Waals surface area contributed by atoms with E-state index in [-0.39, 0.29) is 16.8 Å². The molecule has 3 N–H and O–H groups in total. The molecule has 0 amide bonds. The number of nitro benzene ring substituents is 1. The van der Waals surface area contributed by atoms with Crippen molar-refractivity contribution in [2.45, 2.75) is 37.9 Å². The van der Waals surface area contributed by atoms with E-state index in [2.05, 4.69) is 16.2 Å². The molecule has 2 fully saturated rings. The van der Waals surface area contributed by atoms with Gasteiger partial charge >= 0.3 is 6.18 Å². The minimum atomic E-state index is -4.64. The summed E-state index contributed by atoms with van der Waals surface area (Å²) in [5.41, 5.74) is 3.31. The molecule has 3 atom stereocenters. The number of nitrogens with one attached hydrogen (secondary N) is 3. The Bertz CT molecular complexity index is 698. The van der Waals surface area contributed by atoms with Crippen LogP contribution in [0.1, 0.15) is 31.2 Å². The fourth-order valence-electron chi connectivity index (χ4n) is 3.71. The molecule has 136 valence electrons. The lowest BCUT2D eigenvalue weighted by Gasteiger charge is -2.24. The molecule has 25 heavy (non-hydrogen) atoms. The second kappa shape index (κ2) is 6.66. The number of benzene rings is 1. The Labute approximate surface area is 147 Å². The summed E-state index contributed by atoms with van der Waals surface area (Å²) < 4.78 is 38.1. The maximum absolute atomic E-state index is 12.7. The molecule has 0 unspecified atom stereocenters. The van der Waals surface area contributed by atoms with Crippen molar-refractivity contribution in [3.05, 3.63) is 33.9 Å². The molecule has 10 heteroatoms. The van der Waals surface area contributed by atoms with Crippen LogP contribution in [-0.2, 0) is 6.18 Å². The molecular weight excluding hydrogens is 357 g/mol. The van der Waals surface area contributed by atoms with Crippen molar-refractivity contribution in [1.82, 2.24) is 10.7 Å². The number of hydrogen-bond donors (Lipinski definition) is 3. The van der Waals surface area contributed by atoms with E-state index in [0.717, 1.165) is 24.5 Å². The van der Waals surface area contributed by atoms with Crippen molar-refractivity contribution < 1.29 is 18.1 Å². The third-order valence-corrected chi connectivity index (χ3v) is 5.11. The normalized spacial score (nSPS) is 24.8. The van der Waals surface area contributed by atoms with Gasteiger partial charge in [0, 0.05) is 12.1 Å². The highest BCUT2D eigenvalue weighted by atomic mass is 32.1. The number of thiocarbonyl (C=S) groups is 1. The van der Waals surface area contributed by atoms with Crippen molar-refractivity contribution in [1.29, 1.82) is 0 Å². The van der Waals surface area contributed by atoms with Gasteiger partial charge in [-0.2, -0.15) is 13.2 Å². The van der Waals surface area contributed by atoms with Gasteiger partial charge in [-0.3, -0.25) is 21.0 Å². The number of hydrazine groups is 1. The summed E-state index contributed by atoms with van der Waals surface area (Å²) in [6, 6.07) is 2.57. The third-order valence-electron chi connectivity index (χ3n) is 4.89. The fourth-order valence-corrected chi connectivity index (χ4v) is 3.92. The van der Waals surface area contributed by atoms with Crippen LogP contribution < -0.4 is 16.2 Å². The molecule has 0 spiro atoms. The van der Waals surface area contributed by atoms with Gasteiger partial charge in [0.1, 0.15) is 5.69 Å². The number of anilines is 1. The number of fused-ring (bicyclic) bond motifs is 2. The van der Waals surface area contributed by atoms with E-state index in [4.69, 9.17) is 12.2 Å². The SMILES string of the molecule is O=[N+]([O-])c1cc(C(F)(F)F)ccc1NNC(=S)N[C@H]1C[C@H]2CC[C@H]1C2. The Kier molecular flexibility index (Phi) is 4.72. The summed E-state index contributed by atoms with van der Waals surface area (Å²) >= 11 is 5.16. The Morgan fingerprint density at radius 1 is 1.28 bits per heavy atom. The summed E-state index contributed by atoms with van der Waals surface area (Å²) in [6.45, 7) is 0. The van der Waals surface area contributed by atoms with Crippen LogP contribution in [0.25, 0.3) is 0 Å². The maximum Gasteiger partial charge on any atom is 0.416 e. The molecule has 0 aliphatic heterocycles. The first kappa shape index (κ1) is 17.7. The Morgan fingerprint density at radius 2 is 2.04 bits per heavy atom. The van der Waals surface area contributed by atoms with E-state index in [9.17, 15) is 23.3 Å². The predicted molar refractivity (Wildman–Crippen MR) is 89.8 cm³/mol. The molecule has 1 aromatic carbocycles. The van der Waals surface area contributed by atoms with Crippen molar-refractivity contribution in [2.75, 3.05) is 5.43 Å². The summed E-state index contributed by atoms with van der Waals surface area (Å²) in [5, 5.41) is 14.5. The molecule has 0 aromatic heterocycles. The number of nitro groups is 1. The molecule has 6 nitrogen and oxygen atoms in total. The lowest BCUT2D eigenvalue weighted by molar-refractivity contribution is -0.384. The van der Waals surface area contributed by atoms with Crippen molar-refractivity contribution in [3.8, 4) is 0 Å². The van der Waals surface area contributed by atoms with Crippen LogP contribution in [0.4, 0.5) is 24.5 Å². The van der Waals surface area contributed by atoms with Crippen LogP contribution in [-0.4, -0.2) is 16.1 Å². The summed E-state index contributed by atoms with van der Waals surface area (Å²) in [5.74, 6) is 1.32. The summed E-state index contributed by atoms with van der Waals surface area (Å²) in [7, 11) is 0. The van der Waals surface area contributed by atoms with Gasteiger partial charge in [0.2, 0.25) is 0 Å². The van der Waals surface area contributed by atoms with Gasteiger partial charge in [-0.1, -0.05) is 6.42 Å². The van der Waals surface area contributed by atoms with Gasteiger partial charge in [-0.15, -0.1) is 0 Å². The first-order valence-corrected chi connectivity index (χ1v) is 8.33. The highest BCUT2D eigenvalue weighted by Gasteiger charge is 2.39. The van der Waals surface area contributed by atoms with E-state index in [1.807, 2.05) is 0 Å². The molecule has 0 radical (unpaired) electrons. The second-order valence-electron chi connectivity index (χ2n) is 6.49. The van der Waals surface area contributed by atoms with E-state index in [1.165, 1.54) is 19.3 Å². The van der Waals surface area contributed by atoms with Crippen LogP contribution in [0.2, 0.25) is 0 Å². The van der Waals surface area contributed by atoms with Gasteiger partial charge in [-0.05, 0) is 55.4 Å². The zero-order valence-corrected chi connectivity index (χ0v) is 13.9. The molecule has 3 rings (SSSR count). The van der Waals surface area contributed by atoms with E-state index in [0.29, 0.717) is 12.0 Å². The molecule has 0 saturated heterocycles. The van der Waals surface area contributed by atoms with Gasteiger partial charge in [-0.25, -0.2) is 0 Å². The fraction of sp³-hybridized carbons (Fsp3) is 0.533. The average molecular weight is 374 g/mol. The van der Waals surface area contributed by atoms with Crippen molar-refractivity contribution >= 4 is 28.7 Å². The Balaban J connectivity index is 1.62. The molecular formula is C15H17F3N4O2S. The number of nitrogens with zero attached hydrogens (tertiary/aromatic N) is 1. The Hall–Kier alpha value is -2.10. The highest BCUT2D eigenvalue weighted by Crippen LogP contribution is 2.44. The standard InChI is InChI=1S/C15H17F3N4O2S/c16-15(17,18)10-3-4-11(13(7-10)22(23)24)20-21-14(25)19-12-6-8-1-2-9(12)5-8/h3-4,7-9,12,20H,1-2,5-6H2,(H2,19,21,25)/t8-,9-,12-/m0/s1. The van der Waals surface area contributed by atoms with Gasteiger partial charge in [0.05, 0.1) is 10.5 Å². The number of alkyl halides is 3. The molecule has 1 aromatic rings. The lowest BCUT2D eigenvalue weighted by Crippen LogP contribution is -2.46. The largest absolute Gasteiger partial charge is 0.416 e. The Morgan fingerprint density at radius 3 is 2.60 bits per heavy atom. The highest BCUT2D eigenvalue weighted by molar-refractivity contribution is 7.80. The monoisotopic (exact) mass is 374 g/mol. The second-order valence-corrected chi connectivity index (χ2v) is 6.90. The third kappa shape index (κ3) is 3.94. The van der Waals surface area contributed by atoms with Gasteiger partial charge < -0.3 is 5.32 Å². The van der Waals surface area contributed by atoms with E-state index >= 15 is 0 Å². The minimum absolute atomic E-state index is 0.0879. The average Bonchev–Trinajstić information content (AvgIpc) is 3.14. The number of rotatable bonds is 4. The zero-order chi connectivity index (χ0) is 18.2. The van der Waals surface area contributed by atoms with Crippen LogP contribution in [0.15, 0.2) is 18.2 Å². The summed E-state index contributed by atoms with van der Waals surface area (Å²) in [6.07, 6.45) is 0.0160. The maximum atomic E-state index is 12.7. The first-order chi connectivity index (χ1) is 11.7. The van der Waals surface area contributed by atoms with Crippen LogP contribution in [0.5, 0.6) is 0 Å². The van der Waals surface area contributed by atoms with Gasteiger partial charge in [0.15, 0.2) is 5.11 Å². The molecule has 2 aliphatic carbocycles. The molecule has 2 aliphatic rings. The number of hydrogen-bond acceptors (Lipinski definition) is 4. The van der Waals surface area contributed by atoms with Crippen LogP contribution in [0, 0.1) is 22.0 Å².